The van der Waals surface area contributed by atoms with Crippen LogP contribution in [0.4, 0.5) is 5.69 Å². The maximum Gasteiger partial charge on any atom is 0.300 e. The number of anilines is 1. The van der Waals surface area contributed by atoms with E-state index in [1.165, 1.54) is 4.90 Å². The van der Waals surface area contributed by atoms with Crippen molar-refractivity contribution < 1.29 is 28.9 Å². The molecule has 1 amide bonds. The number of carbonyl (C=O) groups is 2. The first-order valence-corrected chi connectivity index (χ1v) is 14.2. The molecule has 2 heterocycles. The molecule has 43 heavy (non-hydrogen) atoms. The zero-order valence-electron chi connectivity index (χ0n) is 24.6. The minimum Gasteiger partial charge on any atom is -0.507 e. The fourth-order valence-corrected chi connectivity index (χ4v) is 5.46. The van der Waals surface area contributed by atoms with Crippen LogP contribution >= 0.6 is 0 Å². The average molecular weight is 576 g/mol. The molecule has 1 unspecified atom stereocenters. The molecular formula is C36H33NO6. The number of hydrogen-bond donors (Lipinski definition) is 1. The lowest BCUT2D eigenvalue weighted by Gasteiger charge is -2.27. The number of aliphatic hydroxyl groups excluding tert-OH is 1. The number of aryl methyl sites for hydroxylation is 1. The summed E-state index contributed by atoms with van der Waals surface area (Å²) in [5.74, 6) is -0.0221. The van der Waals surface area contributed by atoms with Crippen molar-refractivity contribution in [1.82, 2.24) is 0 Å². The summed E-state index contributed by atoms with van der Waals surface area (Å²) in [6, 6.07) is 27.2. The third-order valence-corrected chi connectivity index (χ3v) is 7.86. The Kier molecular flexibility index (Phi) is 7.18. The second kappa shape index (κ2) is 11.0. The minimum atomic E-state index is -0.858. The number of benzene rings is 4. The lowest BCUT2D eigenvalue weighted by Crippen LogP contribution is -2.29. The number of ketones is 1. The zero-order chi connectivity index (χ0) is 30.3. The molecule has 0 bridgehead atoms. The van der Waals surface area contributed by atoms with Gasteiger partial charge in [0.25, 0.3) is 11.7 Å². The van der Waals surface area contributed by atoms with Gasteiger partial charge in [-0.1, -0.05) is 75.4 Å². The van der Waals surface area contributed by atoms with Crippen LogP contribution in [0.25, 0.3) is 5.76 Å². The largest absolute Gasteiger partial charge is 0.507 e. The van der Waals surface area contributed by atoms with Crippen LogP contribution in [-0.4, -0.2) is 23.6 Å². The van der Waals surface area contributed by atoms with E-state index in [9.17, 15) is 14.7 Å². The molecule has 218 valence electrons. The van der Waals surface area contributed by atoms with E-state index >= 15 is 0 Å². The summed E-state index contributed by atoms with van der Waals surface area (Å²) < 4.78 is 17.0. The van der Waals surface area contributed by atoms with Gasteiger partial charge in [-0.15, -0.1) is 0 Å². The van der Waals surface area contributed by atoms with E-state index < -0.39 is 17.7 Å². The molecule has 6 rings (SSSR count). The standard InChI is InChI=1S/C36H33NO6/c1-22-18-25(12-16-28(22)41-20-23-8-6-5-7-9-23)33(38)31-32(24-10-13-26(14-11-24)36(2,3)4)37(35(40)34(31)39)27-15-17-29-30(19-27)43-21-42-29/h5-19,32,38H,20-21H2,1-4H3/b33-31+. The van der Waals surface area contributed by atoms with Gasteiger partial charge in [0, 0.05) is 17.3 Å². The Bertz CT molecular complexity index is 1730. The van der Waals surface area contributed by atoms with Gasteiger partial charge in [-0.25, -0.2) is 0 Å². The molecular weight excluding hydrogens is 542 g/mol. The van der Waals surface area contributed by atoms with Crippen molar-refractivity contribution in [2.45, 2.75) is 45.8 Å². The third kappa shape index (κ3) is 5.34. The van der Waals surface area contributed by atoms with E-state index in [1.54, 1.807) is 36.4 Å². The summed E-state index contributed by atoms with van der Waals surface area (Å²) in [7, 11) is 0. The van der Waals surface area contributed by atoms with Gasteiger partial charge in [-0.05, 0) is 64.9 Å². The molecule has 0 radical (unpaired) electrons. The zero-order valence-corrected chi connectivity index (χ0v) is 24.6. The highest BCUT2D eigenvalue weighted by Crippen LogP contribution is 2.45. The number of hydrogen-bond acceptors (Lipinski definition) is 6. The molecule has 1 atom stereocenters. The van der Waals surface area contributed by atoms with Crippen molar-refractivity contribution in [3.8, 4) is 17.2 Å². The highest BCUT2D eigenvalue weighted by atomic mass is 16.7. The first-order valence-electron chi connectivity index (χ1n) is 14.2. The number of amides is 1. The summed E-state index contributed by atoms with van der Waals surface area (Å²) >= 11 is 0. The normalized spacial score (nSPS) is 17.4. The van der Waals surface area contributed by atoms with Gasteiger partial charge in [0.05, 0.1) is 11.6 Å². The first kappa shape index (κ1) is 28.1. The Labute approximate surface area is 250 Å². The molecule has 2 aliphatic rings. The molecule has 1 N–H and O–H groups in total. The summed E-state index contributed by atoms with van der Waals surface area (Å²) in [6.07, 6.45) is 0. The van der Waals surface area contributed by atoms with Gasteiger partial charge in [0.1, 0.15) is 18.1 Å². The Balaban J connectivity index is 1.41. The number of carbonyl (C=O) groups excluding carboxylic acids is 2. The lowest BCUT2D eigenvalue weighted by atomic mass is 9.85. The summed E-state index contributed by atoms with van der Waals surface area (Å²) in [5, 5.41) is 11.7. The van der Waals surface area contributed by atoms with Crippen LogP contribution in [0.2, 0.25) is 0 Å². The second-order valence-corrected chi connectivity index (χ2v) is 11.8. The van der Waals surface area contributed by atoms with E-state index in [0.717, 1.165) is 16.7 Å². The average Bonchev–Trinajstić information content (AvgIpc) is 3.57. The molecule has 1 saturated heterocycles. The predicted molar refractivity (Wildman–Crippen MR) is 164 cm³/mol. The number of rotatable bonds is 6. The van der Waals surface area contributed by atoms with Crippen LogP contribution in [0.1, 0.15) is 54.6 Å². The fraction of sp³-hybridized carbons (Fsp3) is 0.222. The topological polar surface area (TPSA) is 85.3 Å². The molecule has 0 saturated carbocycles. The van der Waals surface area contributed by atoms with Crippen LogP contribution in [0.15, 0.2) is 96.6 Å². The highest BCUT2D eigenvalue weighted by Gasteiger charge is 2.47. The van der Waals surface area contributed by atoms with Gasteiger partial charge >= 0.3 is 0 Å². The number of ether oxygens (including phenoxy) is 3. The molecule has 0 aromatic heterocycles. The van der Waals surface area contributed by atoms with Gasteiger partial charge in [0.2, 0.25) is 6.79 Å². The van der Waals surface area contributed by atoms with Crippen molar-refractivity contribution in [2.24, 2.45) is 0 Å². The number of fused-ring (bicyclic) bond motifs is 1. The Morgan fingerprint density at radius 2 is 1.63 bits per heavy atom. The minimum absolute atomic E-state index is 0.0172. The summed E-state index contributed by atoms with van der Waals surface area (Å²) in [6.45, 7) is 8.73. The van der Waals surface area contributed by atoms with Crippen molar-refractivity contribution in [2.75, 3.05) is 11.7 Å². The number of nitrogens with zero attached hydrogens (tertiary/aromatic N) is 1. The Morgan fingerprint density at radius 1 is 0.907 bits per heavy atom. The van der Waals surface area contributed by atoms with Crippen LogP contribution < -0.4 is 19.1 Å². The van der Waals surface area contributed by atoms with Crippen LogP contribution in [0.3, 0.4) is 0 Å². The lowest BCUT2D eigenvalue weighted by molar-refractivity contribution is -0.132. The van der Waals surface area contributed by atoms with E-state index in [2.05, 4.69) is 20.8 Å². The van der Waals surface area contributed by atoms with Gasteiger partial charge in [-0.2, -0.15) is 0 Å². The monoisotopic (exact) mass is 575 g/mol. The van der Waals surface area contributed by atoms with Crippen LogP contribution in [0, 0.1) is 6.92 Å². The van der Waals surface area contributed by atoms with E-state index in [-0.39, 0.29) is 23.5 Å². The maximum absolute atomic E-state index is 13.7. The maximum atomic E-state index is 13.7. The SMILES string of the molecule is Cc1cc(/C(O)=C2\C(=O)C(=O)N(c3ccc4c(c3)OCO4)C2c2ccc(C(C)(C)C)cc2)ccc1OCc1ccccc1. The molecule has 7 nitrogen and oxygen atoms in total. The second-order valence-electron chi connectivity index (χ2n) is 11.8. The van der Waals surface area contributed by atoms with Crippen LogP contribution in [0.5, 0.6) is 17.2 Å². The first-order chi connectivity index (χ1) is 20.6. The smallest absolute Gasteiger partial charge is 0.300 e. The van der Waals surface area contributed by atoms with E-state index in [4.69, 9.17) is 14.2 Å². The predicted octanol–water partition coefficient (Wildman–Crippen LogP) is 7.23. The Hall–Kier alpha value is -5.04. The Morgan fingerprint density at radius 3 is 2.33 bits per heavy atom. The molecule has 7 heteroatoms. The molecule has 4 aromatic carbocycles. The van der Waals surface area contributed by atoms with Crippen LogP contribution in [-0.2, 0) is 21.6 Å². The van der Waals surface area contributed by atoms with Gasteiger partial charge in [0.15, 0.2) is 11.5 Å². The molecule has 1 fully saturated rings. The molecule has 2 aliphatic heterocycles. The van der Waals surface area contributed by atoms with Gasteiger partial charge < -0.3 is 19.3 Å². The molecule has 0 spiro atoms. The molecule has 0 aliphatic carbocycles. The summed E-state index contributed by atoms with van der Waals surface area (Å²) in [4.78, 5) is 28.7. The van der Waals surface area contributed by atoms with Crippen molar-refractivity contribution in [1.29, 1.82) is 0 Å². The number of aliphatic hydroxyl groups is 1. The fourth-order valence-electron chi connectivity index (χ4n) is 5.46. The van der Waals surface area contributed by atoms with E-state index in [1.807, 2.05) is 61.5 Å². The van der Waals surface area contributed by atoms with Crippen molar-refractivity contribution in [3.05, 3.63) is 124 Å². The van der Waals surface area contributed by atoms with Crippen molar-refractivity contribution in [3.63, 3.8) is 0 Å². The van der Waals surface area contributed by atoms with E-state index in [0.29, 0.717) is 40.7 Å². The quantitative estimate of drug-likeness (QED) is 0.148. The summed E-state index contributed by atoms with van der Waals surface area (Å²) in [5.41, 5.74) is 4.46. The van der Waals surface area contributed by atoms with Gasteiger partial charge in [-0.3, -0.25) is 14.5 Å². The highest BCUT2D eigenvalue weighted by molar-refractivity contribution is 6.51. The number of Topliss-reactive ketones (excluding diaryl/α,β-unsaturated/α-hetero) is 1. The molecule has 4 aromatic rings. The van der Waals surface area contributed by atoms with Crippen molar-refractivity contribution >= 4 is 23.1 Å². The third-order valence-electron chi connectivity index (χ3n) is 7.86.